The molecule has 0 saturated carbocycles. The summed E-state index contributed by atoms with van der Waals surface area (Å²) in [6.45, 7) is 0. The second kappa shape index (κ2) is 7.49. The number of aliphatic carboxylic acids is 1. The highest BCUT2D eigenvalue weighted by molar-refractivity contribution is 7.89. The summed E-state index contributed by atoms with van der Waals surface area (Å²) in [5.41, 5.74) is 0.842. The number of nitrogens with zero attached hydrogens (tertiary/aromatic N) is 1. The van der Waals surface area contributed by atoms with E-state index in [1.165, 1.54) is 30.9 Å². The predicted octanol–water partition coefficient (Wildman–Crippen LogP) is 0.359. The Morgan fingerprint density at radius 2 is 1.88 bits per heavy atom. The molecule has 134 valence electrons. The highest BCUT2D eigenvalue weighted by atomic mass is 32.2. The Bertz CT molecular complexity index is 874. The zero-order valence-corrected chi connectivity index (χ0v) is 14.6. The molecule has 0 unspecified atom stereocenters. The van der Waals surface area contributed by atoms with Gasteiger partial charge in [-0.1, -0.05) is 30.3 Å². The van der Waals surface area contributed by atoms with Gasteiger partial charge in [0.15, 0.2) is 0 Å². The third-order valence-electron chi connectivity index (χ3n) is 3.63. The summed E-state index contributed by atoms with van der Waals surface area (Å²) in [6, 6.07) is 8.59. The number of benzene rings is 1. The fourth-order valence-corrected chi connectivity index (χ4v) is 3.58. The molecule has 2 rings (SSSR count). The Morgan fingerprint density at radius 1 is 1.24 bits per heavy atom. The molecule has 0 bridgehead atoms. The fourth-order valence-electron chi connectivity index (χ4n) is 2.32. The van der Waals surface area contributed by atoms with E-state index in [4.69, 9.17) is 0 Å². The SMILES string of the molecule is CNC(=O)c1cc(S(=O)(=O)N[C@@H](Cc2ccccc2)C(=O)O)cn1C. The molecule has 9 heteroatoms. The second-order valence-electron chi connectivity index (χ2n) is 5.45. The number of amides is 1. The molecule has 0 aliphatic rings. The smallest absolute Gasteiger partial charge is 0.322 e. The van der Waals surface area contributed by atoms with Gasteiger partial charge in [0.05, 0.1) is 0 Å². The van der Waals surface area contributed by atoms with E-state index in [9.17, 15) is 23.1 Å². The van der Waals surface area contributed by atoms with Crippen LogP contribution >= 0.6 is 0 Å². The number of sulfonamides is 1. The third-order valence-corrected chi connectivity index (χ3v) is 5.07. The molecule has 0 aliphatic heterocycles. The van der Waals surface area contributed by atoms with E-state index in [0.717, 1.165) is 0 Å². The van der Waals surface area contributed by atoms with Crippen LogP contribution in [0.4, 0.5) is 0 Å². The van der Waals surface area contributed by atoms with Crippen molar-refractivity contribution in [2.24, 2.45) is 7.05 Å². The van der Waals surface area contributed by atoms with Crippen LogP contribution in [-0.2, 0) is 28.3 Å². The van der Waals surface area contributed by atoms with E-state index < -0.39 is 27.9 Å². The van der Waals surface area contributed by atoms with E-state index in [-0.39, 0.29) is 17.0 Å². The lowest BCUT2D eigenvalue weighted by Crippen LogP contribution is -2.42. The molecule has 3 N–H and O–H groups in total. The number of carboxylic acids is 1. The molecule has 1 aromatic carbocycles. The standard InChI is InChI=1S/C16H19N3O5S/c1-17-15(20)14-9-12(10-19(14)2)25(23,24)18-13(16(21)22)8-11-6-4-3-5-7-11/h3-7,9-10,13,18H,8H2,1-2H3,(H,17,20)(H,21,22)/t13-/m0/s1. The first-order valence-electron chi connectivity index (χ1n) is 7.42. The van der Waals surface area contributed by atoms with Crippen molar-refractivity contribution < 1.29 is 23.1 Å². The number of aryl methyl sites for hydroxylation is 1. The summed E-state index contributed by atoms with van der Waals surface area (Å²) in [5, 5.41) is 11.7. The van der Waals surface area contributed by atoms with E-state index >= 15 is 0 Å². The zero-order chi connectivity index (χ0) is 18.6. The van der Waals surface area contributed by atoms with Gasteiger partial charge in [0.25, 0.3) is 5.91 Å². The van der Waals surface area contributed by atoms with E-state index in [1.54, 1.807) is 30.3 Å². The van der Waals surface area contributed by atoms with Crippen molar-refractivity contribution >= 4 is 21.9 Å². The molecule has 25 heavy (non-hydrogen) atoms. The molecule has 1 heterocycles. The van der Waals surface area contributed by atoms with Crippen molar-refractivity contribution in [2.45, 2.75) is 17.4 Å². The summed E-state index contributed by atoms with van der Waals surface area (Å²) >= 11 is 0. The molecular weight excluding hydrogens is 346 g/mol. The number of hydrogen-bond acceptors (Lipinski definition) is 4. The number of carbonyl (C=O) groups excluding carboxylic acids is 1. The van der Waals surface area contributed by atoms with Crippen molar-refractivity contribution in [3.63, 3.8) is 0 Å². The van der Waals surface area contributed by atoms with Gasteiger partial charge in [-0.25, -0.2) is 8.42 Å². The molecular formula is C16H19N3O5S. The molecule has 1 aromatic heterocycles. The summed E-state index contributed by atoms with van der Waals surface area (Å²) < 4.78 is 28.5. The number of rotatable bonds is 7. The third kappa shape index (κ3) is 4.46. The first-order chi connectivity index (χ1) is 11.7. The number of aromatic nitrogens is 1. The Kier molecular flexibility index (Phi) is 5.60. The fraction of sp³-hybridized carbons (Fsp3) is 0.250. The number of carboxylic acid groups (broad SMARTS) is 1. The number of nitrogens with one attached hydrogen (secondary N) is 2. The van der Waals surface area contributed by atoms with E-state index in [1.807, 2.05) is 0 Å². The number of hydrogen-bond donors (Lipinski definition) is 3. The Hall–Kier alpha value is -2.65. The van der Waals surface area contributed by atoms with Crippen LogP contribution in [-0.4, -0.2) is 43.1 Å². The maximum absolute atomic E-state index is 12.5. The highest BCUT2D eigenvalue weighted by Crippen LogP contribution is 2.15. The largest absolute Gasteiger partial charge is 0.480 e. The van der Waals surface area contributed by atoms with E-state index in [0.29, 0.717) is 5.56 Å². The van der Waals surface area contributed by atoms with Crippen LogP contribution in [0.15, 0.2) is 47.5 Å². The molecule has 1 amide bonds. The number of carbonyl (C=O) groups is 2. The Labute approximate surface area is 145 Å². The van der Waals surface area contributed by atoms with Crippen molar-refractivity contribution in [3.05, 3.63) is 53.9 Å². The molecule has 0 spiro atoms. The quantitative estimate of drug-likeness (QED) is 0.655. The first-order valence-corrected chi connectivity index (χ1v) is 8.90. The molecule has 1 atom stereocenters. The summed E-state index contributed by atoms with van der Waals surface area (Å²) in [6.07, 6.45) is 1.26. The van der Waals surface area contributed by atoms with Crippen LogP contribution in [0.3, 0.4) is 0 Å². The van der Waals surface area contributed by atoms with Gasteiger partial charge < -0.3 is 15.0 Å². The highest BCUT2D eigenvalue weighted by Gasteiger charge is 2.27. The van der Waals surface area contributed by atoms with Gasteiger partial charge in [-0.2, -0.15) is 4.72 Å². The minimum absolute atomic E-state index is 0.00450. The van der Waals surface area contributed by atoms with Crippen molar-refractivity contribution in [2.75, 3.05) is 7.05 Å². The van der Waals surface area contributed by atoms with E-state index in [2.05, 4.69) is 10.0 Å². The van der Waals surface area contributed by atoms with Crippen molar-refractivity contribution in [1.29, 1.82) is 0 Å². The average Bonchev–Trinajstić information content (AvgIpc) is 2.97. The summed E-state index contributed by atoms with van der Waals surface area (Å²) in [4.78, 5) is 23.0. The average molecular weight is 365 g/mol. The van der Waals surface area contributed by atoms with Gasteiger partial charge in [0, 0.05) is 20.3 Å². The molecule has 0 aliphatic carbocycles. The molecule has 2 aromatic rings. The maximum atomic E-state index is 12.5. The topological polar surface area (TPSA) is 118 Å². The maximum Gasteiger partial charge on any atom is 0.322 e. The Balaban J connectivity index is 2.26. The molecule has 0 saturated heterocycles. The van der Waals surface area contributed by atoms with Gasteiger partial charge in [-0.05, 0) is 18.1 Å². The van der Waals surface area contributed by atoms with Crippen LogP contribution in [0.2, 0.25) is 0 Å². The van der Waals surface area contributed by atoms with Gasteiger partial charge >= 0.3 is 5.97 Å². The molecule has 0 fully saturated rings. The van der Waals surface area contributed by atoms with Crippen molar-refractivity contribution in [3.8, 4) is 0 Å². The lowest BCUT2D eigenvalue weighted by Gasteiger charge is -2.14. The lowest BCUT2D eigenvalue weighted by atomic mass is 10.1. The first kappa shape index (κ1) is 18.7. The van der Waals surface area contributed by atoms with Crippen LogP contribution < -0.4 is 10.0 Å². The predicted molar refractivity (Wildman–Crippen MR) is 90.7 cm³/mol. The van der Waals surface area contributed by atoms with Crippen LogP contribution in [0.1, 0.15) is 16.1 Å². The van der Waals surface area contributed by atoms with Crippen LogP contribution in [0, 0.1) is 0 Å². The van der Waals surface area contributed by atoms with Crippen molar-refractivity contribution in [1.82, 2.24) is 14.6 Å². The summed E-state index contributed by atoms with van der Waals surface area (Å²) in [7, 11) is -1.14. The van der Waals surface area contributed by atoms with Crippen LogP contribution in [0.25, 0.3) is 0 Å². The van der Waals surface area contributed by atoms with Gasteiger partial charge in [-0.15, -0.1) is 0 Å². The van der Waals surface area contributed by atoms with Gasteiger partial charge in [0.2, 0.25) is 10.0 Å². The lowest BCUT2D eigenvalue weighted by molar-refractivity contribution is -0.138. The monoisotopic (exact) mass is 365 g/mol. The Morgan fingerprint density at radius 3 is 2.44 bits per heavy atom. The second-order valence-corrected chi connectivity index (χ2v) is 7.17. The zero-order valence-electron chi connectivity index (χ0n) is 13.8. The normalized spacial score (nSPS) is 12.6. The minimum Gasteiger partial charge on any atom is -0.480 e. The van der Waals surface area contributed by atoms with Gasteiger partial charge in [-0.3, -0.25) is 9.59 Å². The van der Waals surface area contributed by atoms with Crippen LogP contribution in [0.5, 0.6) is 0 Å². The molecule has 8 nitrogen and oxygen atoms in total. The van der Waals surface area contributed by atoms with Gasteiger partial charge in [0.1, 0.15) is 16.6 Å². The minimum atomic E-state index is -4.10. The summed E-state index contributed by atoms with van der Waals surface area (Å²) in [5.74, 6) is -1.72. The molecule has 0 radical (unpaired) electrons.